The molecule has 2 aromatic carbocycles. The highest BCUT2D eigenvalue weighted by Gasteiger charge is 2.44. The minimum atomic E-state index is -2.15. The maximum absolute atomic E-state index is 14.4. The van der Waals surface area contributed by atoms with Crippen molar-refractivity contribution in [2.75, 3.05) is 64.5 Å². The standard InChI is InChI=1S/C51H72N4O12Si2/c1-17-20-64-48(58)52-40-28-44(42(60-11)26-38(40)46(56)54-30-34(3)24-36(54)32-66-68(13,14)50(5,6)7)62-22-19-23-63-45-29-41(53-49(59)65-21-18-2)39(27-43(45)61-12)47(57)55-31-35(4)25-37(55)33-67-69(15,16)51(8,9)10/h17-18,26-31,36-37H,1-4,19-25,32-33H2,5-16H3/p+2/t36-,37-/m0/s1. The monoisotopic (exact) mass is 990 g/mol. The molecule has 0 bridgehead atoms. The molecule has 0 radical (unpaired) electrons. The molecule has 4 rings (SSSR count). The van der Waals surface area contributed by atoms with E-state index in [1.807, 2.05) is 0 Å². The molecule has 376 valence electrons. The molecular formula is C51H74N4O12Si2+2. The van der Waals surface area contributed by atoms with E-state index in [-0.39, 0.29) is 94.1 Å². The maximum atomic E-state index is 14.4. The smallest absolute Gasteiger partial charge is 0.422 e. The van der Waals surface area contributed by atoms with Gasteiger partial charge in [-0.25, -0.2) is 19.2 Å². The molecule has 2 aliphatic rings. The van der Waals surface area contributed by atoms with Crippen LogP contribution in [-0.4, -0.2) is 128 Å². The van der Waals surface area contributed by atoms with Gasteiger partial charge in [-0.3, -0.25) is 10.6 Å². The number of amides is 4. The van der Waals surface area contributed by atoms with Crippen molar-refractivity contribution in [3.05, 3.63) is 85.0 Å². The van der Waals surface area contributed by atoms with Gasteiger partial charge in [-0.05, 0) is 36.3 Å². The van der Waals surface area contributed by atoms with E-state index in [9.17, 15) is 19.2 Å². The predicted molar refractivity (Wildman–Crippen MR) is 275 cm³/mol. The van der Waals surface area contributed by atoms with E-state index >= 15 is 0 Å². The minimum Gasteiger partial charge on any atom is -0.493 e. The minimum absolute atomic E-state index is 0.0298. The molecule has 0 fully saturated rings. The first kappa shape index (κ1) is 55.8. The van der Waals surface area contributed by atoms with Gasteiger partial charge in [0.15, 0.2) is 64.1 Å². The van der Waals surface area contributed by atoms with Crippen molar-refractivity contribution >= 4 is 64.4 Å². The molecule has 2 heterocycles. The quantitative estimate of drug-likeness (QED) is 0.0496. The number of carbonyl (C=O) groups is 4. The summed E-state index contributed by atoms with van der Waals surface area (Å²) in [6.07, 6.45) is 6.05. The number of methoxy groups -OCH3 is 2. The van der Waals surface area contributed by atoms with Gasteiger partial charge in [-0.15, -0.1) is 0 Å². The zero-order valence-electron chi connectivity index (χ0n) is 42.8. The lowest BCUT2D eigenvalue weighted by atomic mass is 10.1. The first-order valence-electron chi connectivity index (χ1n) is 23.0. The summed E-state index contributed by atoms with van der Waals surface area (Å²) in [6, 6.07) is 5.41. The number of anilines is 2. The lowest BCUT2D eigenvalue weighted by Gasteiger charge is -2.36. The van der Waals surface area contributed by atoms with Crippen LogP contribution < -0.4 is 29.6 Å². The van der Waals surface area contributed by atoms with Crippen LogP contribution in [0.3, 0.4) is 0 Å². The number of nitrogens with one attached hydrogen (secondary N) is 2. The fourth-order valence-corrected chi connectivity index (χ4v) is 8.85. The number of benzene rings is 2. The molecule has 16 nitrogen and oxygen atoms in total. The van der Waals surface area contributed by atoms with Gasteiger partial charge in [-0.1, -0.05) is 80.0 Å². The molecule has 2 N–H and O–H groups in total. The van der Waals surface area contributed by atoms with Crippen LogP contribution >= 0.6 is 0 Å². The molecule has 0 aromatic heterocycles. The van der Waals surface area contributed by atoms with Crippen molar-refractivity contribution in [1.29, 1.82) is 0 Å². The van der Waals surface area contributed by atoms with Gasteiger partial charge in [0.25, 0.3) is 0 Å². The average Bonchev–Trinajstić information content (AvgIpc) is 3.85. The number of carbonyl (C=O) groups excluding carboxylic acids is 4. The van der Waals surface area contributed by atoms with E-state index in [2.05, 4.69) is 105 Å². The summed E-state index contributed by atoms with van der Waals surface area (Å²) in [7, 11) is -1.39. The lowest BCUT2D eigenvalue weighted by molar-refractivity contribution is -0.462. The Bertz CT molecular complexity index is 2200. The molecular weight excluding hydrogens is 917 g/mol. The largest absolute Gasteiger partial charge is 0.493 e. The summed E-state index contributed by atoms with van der Waals surface area (Å²) >= 11 is 0. The summed E-state index contributed by atoms with van der Waals surface area (Å²) in [5.74, 6) is 0.146. The van der Waals surface area contributed by atoms with Crippen LogP contribution in [0.15, 0.2) is 73.9 Å². The Balaban J connectivity index is 1.57. The summed E-state index contributed by atoms with van der Waals surface area (Å²) in [5.41, 5.74) is 2.07. The van der Waals surface area contributed by atoms with Crippen LogP contribution in [0.25, 0.3) is 0 Å². The summed E-state index contributed by atoms with van der Waals surface area (Å²) in [4.78, 5) is 54.6. The van der Waals surface area contributed by atoms with Gasteiger partial charge in [0, 0.05) is 54.7 Å². The second-order valence-corrected chi connectivity index (χ2v) is 29.6. The third kappa shape index (κ3) is 14.6. The Hall–Kier alpha value is -5.83. The fraction of sp³-hybridized carbons (Fsp3) is 0.490. The zero-order valence-corrected chi connectivity index (χ0v) is 44.8. The Morgan fingerprint density at radius 3 is 1.32 bits per heavy atom. The summed E-state index contributed by atoms with van der Waals surface area (Å²) < 4.78 is 50.4. The first-order valence-corrected chi connectivity index (χ1v) is 28.9. The lowest BCUT2D eigenvalue weighted by Crippen LogP contribution is -2.44. The van der Waals surface area contributed by atoms with Crippen molar-refractivity contribution < 1.29 is 65.6 Å². The highest BCUT2D eigenvalue weighted by Crippen LogP contribution is 2.40. The number of rotatable bonds is 22. The van der Waals surface area contributed by atoms with Gasteiger partial charge in [0.1, 0.15) is 24.3 Å². The van der Waals surface area contributed by atoms with E-state index < -0.39 is 40.6 Å². The second kappa shape index (κ2) is 23.7. The third-order valence-electron chi connectivity index (χ3n) is 12.8. The molecule has 0 unspecified atom stereocenters. The van der Waals surface area contributed by atoms with Crippen molar-refractivity contribution in [3.8, 4) is 23.0 Å². The molecule has 0 saturated heterocycles. The van der Waals surface area contributed by atoms with Gasteiger partial charge in [0.2, 0.25) is 0 Å². The average molecular weight is 991 g/mol. The number of hydrogen-bond donors (Lipinski definition) is 2. The van der Waals surface area contributed by atoms with Crippen molar-refractivity contribution in [2.24, 2.45) is 0 Å². The zero-order chi connectivity index (χ0) is 51.5. The molecule has 0 spiro atoms. The molecule has 2 aromatic rings. The SMILES string of the molecule is C=CCOC(=O)Nc1cc(OCCCOc2cc(NC(=O)OCC=C)c(C(=O)[N+]3=CC(=C)C[C@H]3CO[Si](C)(C)C(C)(C)C)cc2OC)c(OC)cc1C(=O)[N+]1=CC(=C)C[C@H]1CO[Si](C)(C)C(C)(C)C. The highest BCUT2D eigenvalue weighted by molar-refractivity contribution is 6.74. The van der Waals surface area contributed by atoms with Gasteiger partial charge >= 0.3 is 24.0 Å². The van der Waals surface area contributed by atoms with Gasteiger partial charge < -0.3 is 37.3 Å². The molecule has 69 heavy (non-hydrogen) atoms. The summed E-state index contributed by atoms with van der Waals surface area (Å²) in [6.45, 7) is 37.8. The Morgan fingerprint density at radius 1 is 0.638 bits per heavy atom. The molecule has 2 atom stereocenters. The van der Waals surface area contributed by atoms with Crippen LogP contribution in [0.4, 0.5) is 21.0 Å². The Labute approximate surface area is 410 Å². The number of ether oxygens (including phenoxy) is 6. The van der Waals surface area contributed by atoms with Gasteiger partial charge in [0.05, 0.1) is 52.0 Å². The third-order valence-corrected chi connectivity index (χ3v) is 21.8. The van der Waals surface area contributed by atoms with Crippen LogP contribution in [0.2, 0.25) is 36.3 Å². The fourth-order valence-electron chi connectivity index (χ4n) is 6.77. The Kier molecular flexibility index (Phi) is 19.1. The first-order chi connectivity index (χ1) is 32.3. The summed E-state index contributed by atoms with van der Waals surface area (Å²) in [5, 5.41) is 5.32. The van der Waals surface area contributed by atoms with Crippen LogP contribution in [0.1, 0.15) is 81.5 Å². The van der Waals surface area contributed by atoms with E-state index in [1.165, 1.54) is 50.6 Å². The normalized spacial score (nSPS) is 16.2. The molecule has 2 aliphatic heterocycles. The molecule has 0 aliphatic carbocycles. The molecule has 18 heteroatoms. The number of nitrogens with zero attached hydrogens (tertiary/aromatic N) is 2. The van der Waals surface area contributed by atoms with E-state index in [1.54, 1.807) is 21.6 Å². The maximum Gasteiger partial charge on any atom is 0.422 e. The van der Waals surface area contributed by atoms with Crippen molar-refractivity contribution in [2.45, 2.75) is 109 Å². The van der Waals surface area contributed by atoms with E-state index in [4.69, 9.17) is 37.3 Å². The Morgan fingerprint density at radius 2 is 1.00 bits per heavy atom. The van der Waals surface area contributed by atoms with Crippen molar-refractivity contribution in [1.82, 2.24) is 0 Å². The van der Waals surface area contributed by atoms with Crippen LogP contribution in [-0.2, 0) is 18.3 Å². The van der Waals surface area contributed by atoms with E-state index in [0.717, 1.165) is 11.1 Å². The topological polar surface area (TPSA) is 172 Å². The molecule has 0 saturated carbocycles. The number of hydrogen-bond acceptors (Lipinski definition) is 12. The predicted octanol–water partition coefficient (Wildman–Crippen LogP) is 10.2. The van der Waals surface area contributed by atoms with E-state index in [0.29, 0.717) is 32.5 Å². The molecule has 4 amide bonds. The van der Waals surface area contributed by atoms with Crippen LogP contribution in [0.5, 0.6) is 23.0 Å². The highest BCUT2D eigenvalue weighted by atomic mass is 28.4. The van der Waals surface area contributed by atoms with Crippen molar-refractivity contribution in [3.63, 3.8) is 0 Å². The second-order valence-electron chi connectivity index (χ2n) is 20.0. The van der Waals surface area contributed by atoms with Gasteiger partial charge in [-0.2, -0.15) is 9.15 Å². The van der Waals surface area contributed by atoms with Crippen LogP contribution in [0, 0.1) is 0 Å².